The van der Waals surface area contributed by atoms with Gasteiger partial charge in [0.1, 0.15) is 0 Å². The summed E-state index contributed by atoms with van der Waals surface area (Å²) in [4.78, 5) is 13.7. The molecule has 0 aliphatic heterocycles. The molecule has 2 N–H and O–H groups in total. The molecular formula is C17H12F6N2O2. The van der Waals surface area contributed by atoms with E-state index in [0.717, 1.165) is 12.3 Å². The number of halogens is 6. The predicted molar refractivity (Wildman–Crippen MR) is 85.3 cm³/mol. The third kappa shape index (κ3) is 4.44. The molecule has 27 heavy (non-hydrogen) atoms. The van der Waals surface area contributed by atoms with E-state index in [4.69, 9.17) is 4.42 Å². The third-order valence-corrected chi connectivity index (χ3v) is 3.87. The van der Waals surface area contributed by atoms with E-state index in [0.29, 0.717) is 6.07 Å². The van der Waals surface area contributed by atoms with Crippen molar-refractivity contribution in [3.8, 4) is 0 Å². The fourth-order valence-electron chi connectivity index (χ4n) is 2.74. The van der Waals surface area contributed by atoms with Crippen molar-refractivity contribution < 1.29 is 30.8 Å². The molecule has 10 heteroatoms. The maximum absolute atomic E-state index is 13.2. The van der Waals surface area contributed by atoms with Crippen LogP contribution in [-0.2, 0) is 6.18 Å². The van der Waals surface area contributed by atoms with Crippen molar-refractivity contribution in [2.24, 2.45) is 0 Å². The second-order valence-corrected chi connectivity index (χ2v) is 5.88. The maximum Gasteiger partial charge on any atom is 0.417 e. The molecule has 3 aromatic rings. The fourth-order valence-corrected chi connectivity index (χ4v) is 2.74. The summed E-state index contributed by atoms with van der Waals surface area (Å²) in [6.07, 6.45) is -8.21. The topological polar surface area (TPSA) is 58.0 Å². The number of furan rings is 1. The normalized spacial score (nSPS) is 13.7. The van der Waals surface area contributed by atoms with Crippen molar-refractivity contribution in [2.45, 2.75) is 24.8 Å². The summed E-state index contributed by atoms with van der Waals surface area (Å²) in [5.41, 5.74) is -1.93. The van der Waals surface area contributed by atoms with Gasteiger partial charge in [-0.1, -0.05) is 0 Å². The van der Waals surface area contributed by atoms with Gasteiger partial charge in [0.05, 0.1) is 30.6 Å². The minimum absolute atomic E-state index is 0.0375. The van der Waals surface area contributed by atoms with Crippen LogP contribution in [0.1, 0.15) is 23.6 Å². The molecule has 4 nitrogen and oxygen atoms in total. The highest BCUT2D eigenvalue weighted by Crippen LogP contribution is 2.36. The summed E-state index contributed by atoms with van der Waals surface area (Å²) in [6.45, 7) is 0. The van der Waals surface area contributed by atoms with Gasteiger partial charge < -0.3 is 14.7 Å². The molecule has 3 rings (SSSR count). The fraction of sp³-hybridized carbons (Fsp3) is 0.235. The first-order valence-corrected chi connectivity index (χ1v) is 7.62. The second kappa shape index (κ2) is 6.67. The zero-order valence-electron chi connectivity index (χ0n) is 13.4. The lowest BCUT2D eigenvalue weighted by Crippen LogP contribution is -2.20. The number of nitrogens with one attached hydrogen (secondary N) is 2. The number of aromatic nitrogens is 1. The molecule has 0 bridgehead atoms. The molecule has 144 valence electrons. The number of benzene rings is 1. The van der Waals surface area contributed by atoms with Gasteiger partial charge in [0.15, 0.2) is 0 Å². The van der Waals surface area contributed by atoms with Gasteiger partial charge in [-0.25, -0.2) is 0 Å². The third-order valence-electron chi connectivity index (χ3n) is 3.87. The zero-order chi connectivity index (χ0) is 19.8. The molecule has 0 amide bonds. The van der Waals surface area contributed by atoms with Gasteiger partial charge in [0, 0.05) is 28.2 Å². The lowest BCUT2D eigenvalue weighted by molar-refractivity contribution is -0.137. The largest absolute Gasteiger partial charge is 0.472 e. The molecular weight excluding hydrogens is 378 g/mol. The maximum atomic E-state index is 13.2. The first kappa shape index (κ1) is 18.9. The summed E-state index contributed by atoms with van der Waals surface area (Å²) < 4.78 is 83.0. The Morgan fingerprint density at radius 1 is 1.07 bits per heavy atom. The Bertz CT molecular complexity index is 989. The van der Waals surface area contributed by atoms with Crippen LogP contribution in [-0.4, -0.2) is 11.2 Å². The highest BCUT2D eigenvalue weighted by molar-refractivity contribution is 5.86. The SMILES string of the molecule is O=c1cc(C(F)(F)F)c2cc(NC(CC(F)(F)F)c3ccoc3)ccc2[nH]1. The van der Waals surface area contributed by atoms with Crippen LogP contribution in [0.4, 0.5) is 32.0 Å². The van der Waals surface area contributed by atoms with Crippen molar-refractivity contribution in [2.75, 3.05) is 5.32 Å². The second-order valence-electron chi connectivity index (χ2n) is 5.88. The minimum Gasteiger partial charge on any atom is -0.472 e. The zero-order valence-corrected chi connectivity index (χ0v) is 13.4. The van der Waals surface area contributed by atoms with Crippen molar-refractivity contribution in [1.82, 2.24) is 4.98 Å². The van der Waals surface area contributed by atoms with E-state index in [-0.39, 0.29) is 22.2 Å². The van der Waals surface area contributed by atoms with Gasteiger partial charge in [-0.05, 0) is 24.3 Å². The Hall–Kier alpha value is -2.91. The highest BCUT2D eigenvalue weighted by Gasteiger charge is 2.35. The summed E-state index contributed by atoms with van der Waals surface area (Å²) in [6, 6.07) is 4.05. The van der Waals surface area contributed by atoms with Gasteiger partial charge in [0.2, 0.25) is 5.56 Å². The number of fused-ring (bicyclic) bond motifs is 1. The van der Waals surface area contributed by atoms with E-state index in [1.807, 2.05) is 0 Å². The average Bonchev–Trinajstić information content (AvgIpc) is 3.06. The van der Waals surface area contributed by atoms with Crippen LogP contribution >= 0.6 is 0 Å². The molecule has 0 radical (unpaired) electrons. The van der Waals surface area contributed by atoms with Crippen LogP contribution in [0.3, 0.4) is 0 Å². The molecule has 2 heterocycles. The number of hydrogen-bond acceptors (Lipinski definition) is 3. The number of hydrogen-bond donors (Lipinski definition) is 2. The minimum atomic E-state index is -4.79. The Labute approximate surface area is 147 Å². The van der Waals surface area contributed by atoms with Gasteiger partial charge in [-0.15, -0.1) is 0 Å². The van der Waals surface area contributed by atoms with E-state index in [1.165, 1.54) is 24.5 Å². The number of rotatable bonds is 4. The molecule has 1 atom stereocenters. The van der Waals surface area contributed by atoms with Crippen LogP contribution in [0.25, 0.3) is 10.9 Å². The van der Waals surface area contributed by atoms with Crippen LogP contribution in [0.15, 0.2) is 52.1 Å². The molecule has 0 aliphatic rings. The predicted octanol–water partition coefficient (Wildman–Crippen LogP) is 5.25. The quantitative estimate of drug-likeness (QED) is 0.599. The smallest absolute Gasteiger partial charge is 0.417 e. The number of H-pyrrole nitrogens is 1. The van der Waals surface area contributed by atoms with Gasteiger partial charge in [-0.2, -0.15) is 26.3 Å². The molecule has 0 fully saturated rings. The van der Waals surface area contributed by atoms with Crippen LogP contribution in [0, 0.1) is 0 Å². The Kier molecular flexibility index (Phi) is 4.66. The average molecular weight is 390 g/mol. The first-order chi connectivity index (χ1) is 12.5. The van der Waals surface area contributed by atoms with Gasteiger partial charge >= 0.3 is 12.4 Å². The van der Waals surface area contributed by atoms with E-state index >= 15 is 0 Å². The Morgan fingerprint density at radius 3 is 2.41 bits per heavy atom. The number of aromatic amines is 1. The summed E-state index contributed by atoms with van der Waals surface area (Å²) >= 11 is 0. The highest BCUT2D eigenvalue weighted by atomic mass is 19.4. The van der Waals surface area contributed by atoms with Crippen LogP contribution in [0.5, 0.6) is 0 Å². The Balaban J connectivity index is 2.03. The monoisotopic (exact) mass is 390 g/mol. The number of alkyl halides is 6. The standard InChI is InChI=1S/C17H12F6N2O2/c18-16(19,20)7-14(9-3-4-27-8-9)24-10-1-2-13-11(5-10)12(17(21,22)23)6-15(26)25-13/h1-6,8,14,24H,7H2,(H,25,26). The van der Waals surface area contributed by atoms with E-state index in [1.54, 1.807) is 0 Å². The van der Waals surface area contributed by atoms with E-state index in [2.05, 4.69) is 10.3 Å². The van der Waals surface area contributed by atoms with E-state index in [9.17, 15) is 31.1 Å². The summed E-state index contributed by atoms with van der Waals surface area (Å²) in [5, 5.41) is 2.26. The van der Waals surface area contributed by atoms with Gasteiger partial charge in [0.25, 0.3) is 0 Å². The van der Waals surface area contributed by atoms with Crippen molar-refractivity contribution >= 4 is 16.6 Å². The molecule has 2 aromatic heterocycles. The lowest BCUT2D eigenvalue weighted by atomic mass is 10.0. The molecule has 0 spiro atoms. The number of pyridine rings is 1. The molecule has 1 aromatic carbocycles. The Morgan fingerprint density at radius 2 is 1.81 bits per heavy atom. The summed E-state index contributed by atoms with van der Waals surface area (Å²) in [7, 11) is 0. The summed E-state index contributed by atoms with van der Waals surface area (Å²) in [5.74, 6) is 0. The van der Waals surface area contributed by atoms with Crippen molar-refractivity contribution in [1.29, 1.82) is 0 Å². The van der Waals surface area contributed by atoms with Crippen molar-refractivity contribution in [3.63, 3.8) is 0 Å². The van der Waals surface area contributed by atoms with Gasteiger partial charge in [-0.3, -0.25) is 4.79 Å². The van der Waals surface area contributed by atoms with Crippen molar-refractivity contribution in [3.05, 3.63) is 64.3 Å². The molecule has 0 aliphatic carbocycles. The lowest BCUT2D eigenvalue weighted by Gasteiger charge is -2.21. The number of anilines is 1. The first-order valence-electron chi connectivity index (χ1n) is 7.62. The molecule has 0 saturated carbocycles. The van der Waals surface area contributed by atoms with Crippen LogP contribution in [0.2, 0.25) is 0 Å². The van der Waals surface area contributed by atoms with E-state index < -0.39 is 35.9 Å². The molecule has 1 unspecified atom stereocenters. The molecule has 0 saturated heterocycles. The van der Waals surface area contributed by atoms with Crippen LogP contribution < -0.4 is 10.9 Å².